The SMILES string of the molecule is CC(C)c1cccc(C(C)C)c1NC(=O)c1cc(=O)[nH]c(=O)[nH]1. The minimum absolute atomic E-state index is 0.0629. The normalized spacial score (nSPS) is 11.0. The van der Waals surface area contributed by atoms with Crippen LogP contribution in [0.2, 0.25) is 0 Å². The van der Waals surface area contributed by atoms with Crippen molar-refractivity contribution in [2.24, 2.45) is 0 Å². The largest absolute Gasteiger partial charge is 0.326 e. The summed E-state index contributed by atoms with van der Waals surface area (Å²) in [7, 11) is 0. The summed E-state index contributed by atoms with van der Waals surface area (Å²) in [5.41, 5.74) is 1.38. The van der Waals surface area contributed by atoms with Crippen molar-refractivity contribution in [3.63, 3.8) is 0 Å². The molecule has 0 aliphatic carbocycles. The van der Waals surface area contributed by atoms with Gasteiger partial charge in [0.15, 0.2) is 0 Å². The Labute approximate surface area is 134 Å². The quantitative estimate of drug-likeness (QED) is 0.809. The highest BCUT2D eigenvalue weighted by molar-refractivity contribution is 6.03. The van der Waals surface area contributed by atoms with E-state index in [1.807, 2.05) is 50.9 Å². The Kier molecular flexibility index (Phi) is 4.83. The molecule has 0 fully saturated rings. The number of aromatic amines is 2. The average Bonchev–Trinajstić information content (AvgIpc) is 2.45. The van der Waals surface area contributed by atoms with Crippen molar-refractivity contribution in [2.45, 2.75) is 39.5 Å². The van der Waals surface area contributed by atoms with Gasteiger partial charge >= 0.3 is 5.69 Å². The third-order valence-electron chi connectivity index (χ3n) is 3.62. The van der Waals surface area contributed by atoms with Crippen LogP contribution in [-0.2, 0) is 0 Å². The van der Waals surface area contributed by atoms with Crippen LogP contribution in [0.15, 0.2) is 33.9 Å². The maximum atomic E-state index is 12.4. The number of rotatable bonds is 4. The summed E-state index contributed by atoms with van der Waals surface area (Å²) in [6.07, 6.45) is 0. The molecular weight excluding hydrogens is 294 g/mol. The molecule has 0 atom stereocenters. The molecular formula is C17H21N3O3. The van der Waals surface area contributed by atoms with Gasteiger partial charge in [0.1, 0.15) is 5.69 Å². The highest BCUT2D eigenvalue weighted by Gasteiger charge is 2.17. The lowest BCUT2D eigenvalue weighted by Gasteiger charge is -2.20. The van der Waals surface area contributed by atoms with Crippen molar-refractivity contribution in [2.75, 3.05) is 5.32 Å². The molecule has 0 unspecified atom stereocenters. The Balaban J connectivity index is 2.48. The van der Waals surface area contributed by atoms with Crippen LogP contribution in [-0.4, -0.2) is 15.9 Å². The van der Waals surface area contributed by atoms with Crippen LogP contribution in [0, 0.1) is 0 Å². The minimum atomic E-state index is -0.705. The molecule has 0 radical (unpaired) electrons. The first-order chi connectivity index (χ1) is 10.8. The lowest BCUT2D eigenvalue weighted by atomic mass is 9.92. The molecule has 2 aromatic rings. The summed E-state index contributed by atoms with van der Waals surface area (Å²) in [6, 6.07) is 6.97. The van der Waals surface area contributed by atoms with Crippen molar-refractivity contribution in [3.8, 4) is 0 Å². The van der Waals surface area contributed by atoms with Gasteiger partial charge in [-0.1, -0.05) is 45.9 Å². The number of anilines is 1. The molecule has 0 aliphatic rings. The van der Waals surface area contributed by atoms with Crippen LogP contribution in [0.25, 0.3) is 0 Å². The first-order valence-electron chi connectivity index (χ1n) is 7.57. The number of carbonyl (C=O) groups is 1. The zero-order chi connectivity index (χ0) is 17.1. The van der Waals surface area contributed by atoms with E-state index in [-0.39, 0.29) is 17.5 Å². The Morgan fingerprint density at radius 3 is 2.04 bits per heavy atom. The predicted molar refractivity (Wildman–Crippen MR) is 90.3 cm³/mol. The molecule has 3 N–H and O–H groups in total. The van der Waals surface area contributed by atoms with Gasteiger partial charge in [0, 0.05) is 11.8 Å². The molecule has 0 aliphatic heterocycles. The molecule has 6 heteroatoms. The Bertz CT molecular complexity index is 777. The maximum Gasteiger partial charge on any atom is 0.326 e. The first kappa shape index (κ1) is 16.7. The zero-order valence-corrected chi connectivity index (χ0v) is 13.7. The van der Waals surface area contributed by atoms with E-state index in [9.17, 15) is 14.4 Å². The summed E-state index contributed by atoms with van der Waals surface area (Å²) in [4.78, 5) is 39.5. The molecule has 1 aromatic heterocycles. The molecule has 0 saturated heterocycles. The van der Waals surface area contributed by atoms with E-state index < -0.39 is 17.2 Å². The van der Waals surface area contributed by atoms with Crippen LogP contribution >= 0.6 is 0 Å². The second-order valence-corrected chi connectivity index (χ2v) is 6.08. The van der Waals surface area contributed by atoms with Gasteiger partial charge in [-0.2, -0.15) is 0 Å². The summed E-state index contributed by atoms with van der Waals surface area (Å²) >= 11 is 0. The number of benzene rings is 1. The summed E-state index contributed by atoms with van der Waals surface area (Å²) in [6.45, 7) is 8.18. The maximum absolute atomic E-state index is 12.4. The van der Waals surface area contributed by atoms with E-state index in [2.05, 4.69) is 10.3 Å². The van der Waals surface area contributed by atoms with Crippen LogP contribution in [0.1, 0.15) is 61.1 Å². The van der Waals surface area contributed by atoms with Gasteiger partial charge in [0.2, 0.25) is 0 Å². The van der Waals surface area contributed by atoms with Crippen LogP contribution in [0.3, 0.4) is 0 Å². The Hall–Kier alpha value is -2.63. The third kappa shape index (κ3) is 3.77. The number of carbonyl (C=O) groups excluding carboxylic acids is 1. The molecule has 1 heterocycles. The zero-order valence-electron chi connectivity index (χ0n) is 13.7. The van der Waals surface area contributed by atoms with Gasteiger partial charge in [-0.25, -0.2) is 4.79 Å². The summed E-state index contributed by atoms with van der Waals surface area (Å²) in [5.74, 6) is -0.0624. The number of H-pyrrole nitrogens is 2. The fourth-order valence-electron chi connectivity index (χ4n) is 2.47. The highest BCUT2D eigenvalue weighted by atomic mass is 16.2. The van der Waals surface area contributed by atoms with Gasteiger partial charge in [-0.3, -0.25) is 14.6 Å². The fraction of sp³-hybridized carbons (Fsp3) is 0.353. The van der Waals surface area contributed by atoms with Crippen molar-refractivity contribution in [1.29, 1.82) is 0 Å². The molecule has 2 rings (SSSR count). The van der Waals surface area contributed by atoms with Crippen LogP contribution < -0.4 is 16.6 Å². The number of nitrogens with one attached hydrogen (secondary N) is 3. The summed E-state index contributed by atoms with van der Waals surface area (Å²) < 4.78 is 0. The molecule has 1 aromatic carbocycles. The first-order valence-corrected chi connectivity index (χ1v) is 7.57. The van der Waals surface area contributed by atoms with Crippen molar-refractivity contribution in [1.82, 2.24) is 9.97 Å². The van der Waals surface area contributed by atoms with Gasteiger partial charge < -0.3 is 10.3 Å². The van der Waals surface area contributed by atoms with E-state index in [0.29, 0.717) is 0 Å². The molecule has 1 amide bonds. The fourth-order valence-corrected chi connectivity index (χ4v) is 2.47. The standard InChI is InChI=1S/C17H21N3O3/c1-9(2)11-6-5-7-12(10(3)4)15(11)20-16(22)13-8-14(21)19-17(23)18-13/h5-10H,1-4H3,(H,20,22)(H2,18,19,21,23). The number of para-hydroxylation sites is 1. The Morgan fingerprint density at radius 1 is 1.00 bits per heavy atom. The van der Waals surface area contributed by atoms with Crippen LogP contribution in [0.4, 0.5) is 5.69 Å². The second kappa shape index (κ2) is 6.64. The van der Waals surface area contributed by atoms with Gasteiger partial charge in [0.25, 0.3) is 11.5 Å². The van der Waals surface area contributed by atoms with Crippen molar-refractivity contribution in [3.05, 3.63) is 61.9 Å². The second-order valence-electron chi connectivity index (χ2n) is 6.08. The number of hydrogen-bond acceptors (Lipinski definition) is 3. The monoisotopic (exact) mass is 315 g/mol. The topological polar surface area (TPSA) is 94.8 Å². The van der Waals surface area contributed by atoms with Gasteiger partial charge in [-0.05, 0) is 23.0 Å². The van der Waals surface area contributed by atoms with E-state index >= 15 is 0 Å². The van der Waals surface area contributed by atoms with E-state index in [1.54, 1.807) is 0 Å². The van der Waals surface area contributed by atoms with E-state index in [0.717, 1.165) is 22.9 Å². The van der Waals surface area contributed by atoms with Crippen molar-refractivity contribution >= 4 is 11.6 Å². The smallest absolute Gasteiger partial charge is 0.320 e. The molecule has 0 bridgehead atoms. The van der Waals surface area contributed by atoms with E-state index in [4.69, 9.17) is 0 Å². The number of hydrogen-bond donors (Lipinski definition) is 3. The van der Waals surface area contributed by atoms with Crippen LogP contribution in [0.5, 0.6) is 0 Å². The molecule has 6 nitrogen and oxygen atoms in total. The van der Waals surface area contributed by atoms with E-state index in [1.165, 1.54) is 0 Å². The Morgan fingerprint density at radius 2 is 1.57 bits per heavy atom. The molecule has 0 spiro atoms. The summed E-state index contributed by atoms with van der Waals surface area (Å²) in [5, 5.41) is 2.85. The number of aromatic nitrogens is 2. The van der Waals surface area contributed by atoms with Crippen molar-refractivity contribution < 1.29 is 4.79 Å². The molecule has 0 saturated carbocycles. The minimum Gasteiger partial charge on any atom is -0.320 e. The predicted octanol–water partition coefficient (Wildman–Crippen LogP) is 2.56. The lowest BCUT2D eigenvalue weighted by Crippen LogP contribution is -2.27. The average molecular weight is 315 g/mol. The van der Waals surface area contributed by atoms with Gasteiger partial charge in [-0.15, -0.1) is 0 Å². The molecule has 122 valence electrons. The number of amides is 1. The molecule has 23 heavy (non-hydrogen) atoms. The van der Waals surface area contributed by atoms with Gasteiger partial charge in [0.05, 0.1) is 0 Å². The lowest BCUT2D eigenvalue weighted by molar-refractivity contribution is 0.102. The third-order valence-corrected chi connectivity index (χ3v) is 3.62. The highest BCUT2D eigenvalue weighted by Crippen LogP contribution is 2.32.